The predicted octanol–water partition coefficient (Wildman–Crippen LogP) is 3.56. The van der Waals surface area contributed by atoms with E-state index in [1.165, 1.54) is 15.4 Å². The zero-order valence-corrected chi connectivity index (χ0v) is 10.1. The molecule has 0 atom stereocenters. The second-order valence-electron chi connectivity index (χ2n) is 3.55. The summed E-state index contributed by atoms with van der Waals surface area (Å²) in [5, 5.41) is 3.20. The summed E-state index contributed by atoms with van der Waals surface area (Å²) >= 11 is 1.81. The molecule has 0 fully saturated rings. The molecule has 2 heteroatoms. The quantitative estimate of drug-likeness (QED) is 0.860. The first-order valence-electron chi connectivity index (χ1n) is 5.35. The Hall–Kier alpha value is -1.25. The van der Waals surface area contributed by atoms with Gasteiger partial charge in [0.2, 0.25) is 0 Å². The van der Waals surface area contributed by atoms with Crippen LogP contribution in [-0.4, -0.2) is 7.05 Å². The molecule has 0 spiro atoms. The SMILES string of the molecule is CNCc1ccccc1Sc1ccccc1. The van der Waals surface area contributed by atoms with E-state index in [4.69, 9.17) is 0 Å². The molecule has 0 aliphatic heterocycles. The maximum Gasteiger partial charge on any atom is 0.0213 e. The molecule has 2 aromatic rings. The van der Waals surface area contributed by atoms with Crippen LogP contribution >= 0.6 is 11.8 Å². The third-order valence-corrected chi connectivity index (χ3v) is 3.44. The van der Waals surface area contributed by atoms with Crippen molar-refractivity contribution in [3.05, 3.63) is 60.2 Å². The van der Waals surface area contributed by atoms with Crippen LogP contribution in [0.5, 0.6) is 0 Å². The van der Waals surface area contributed by atoms with Gasteiger partial charge in [-0.3, -0.25) is 0 Å². The molecule has 0 saturated heterocycles. The van der Waals surface area contributed by atoms with Crippen LogP contribution in [0.1, 0.15) is 5.56 Å². The van der Waals surface area contributed by atoms with Crippen molar-refractivity contribution in [3.8, 4) is 0 Å². The molecule has 0 unspecified atom stereocenters. The average molecular weight is 229 g/mol. The minimum Gasteiger partial charge on any atom is -0.316 e. The van der Waals surface area contributed by atoms with Crippen molar-refractivity contribution < 1.29 is 0 Å². The third kappa shape index (κ3) is 2.87. The van der Waals surface area contributed by atoms with Crippen molar-refractivity contribution in [2.24, 2.45) is 0 Å². The van der Waals surface area contributed by atoms with E-state index in [9.17, 15) is 0 Å². The van der Waals surface area contributed by atoms with Crippen molar-refractivity contribution in [3.63, 3.8) is 0 Å². The van der Waals surface area contributed by atoms with E-state index >= 15 is 0 Å². The van der Waals surface area contributed by atoms with Crippen molar-refractivity contribution >= 4 is 11.8 Å². The standard InChI is InChI=1S/C14H15NS/c1-15-11-12-7-5-6-10-14(12)16-13-8-3-2-4-9-13/h2-10,15H,11H2,1H3. The molecule has 16 heavy (non-hydrogen) atoms. The second-order valence-corrected chi connectivity index (χ2v) is 4.67. The van der Waals surface area contributed by atoms with Gasteiger partial charge in [0, 0.05) is 16.3 Å². The summed E-state index contributed by atoms with van der Waals surface area (Å²) in [6.07, 6.45) is 0. The summed E-state index contributed by atoms with van der Waals surface area (Å²) in [6, 6.07) is 19.0. The normalized spacial score (nSPS) is 10.3. The molecule has 82 valence electrons. The lowest BCUT2D eigenvalue weighted by Gasteiger charge is -2.08. The van der Waals surface area contributed by atoms with Crippen molar-refractivity contribution in [1.82, 2.24) is 5.32 Å². The fraction of sp³-hybridized carbons (Fsp3) is 0.143. The van der Waals surface area contributed by atoms with E-state index in [-0.39, 0.29) is 0 Å². The third-order valence-electron chi connectivity index (χ3n) is 2.31. The molecule has 1 N–H and O–H groups in total. The van der Waals surface area contributed by atoms with Gasteiger partial charge < -0.3 is 5.32 Å². The summed E-state index contributed by atoms with van der Waals surface area (Å²) in [7, 11) is 1.98. The first-order chi connectivity index (χ1) is 7.90. The Labute approximate surface area is 101 Å². The molecule has 0 amide bonds. The minimum atomic E-state index is 0.913. The highest BCUT2D eigenvalue weighted by Gasteiger charge is 2.02. The van der Waals surface area contributed by atoms with Gasteiger partial charge in [0.1, 0.15) is 0 Å². The summed E-state index contributed by atoms with van der Waals surface area (Å²) in [6.45, 7) is 0.913. The highest BCUT2D eigenvalue weighted by molar-refractivity contribution is 7.99. The molecule has 0 aliphatic carbocycles. The molecule has 0 bridgehead atoms. The topological polar surface area (TPSA) is 12.0 Å². The molecule has 0 radical (unpaired) electrons. The Morgan fingerprint density at radius 1 is 0.938 bits per heavy atom. The average Bonchev–Trinajstić information content (AvgIpc) is 2.33. The minimum absolute atomic E-state index is 0.913. The van der Waals surface area contributed by atoms with E-state index in [1.54, 1.807) is 0 Å². The van der Waals surface area contributed by atoms with Crippen molar-refractivity contribution in [2.45, 2.75) is 16.3 Å². The number of nitrogens with one attached hydrogen (secondary N) is 1. The Kier molecular flexibility index (Phi) is 4.03. The van der Waals surface area contributed by atoms with Crippen LogP contribution in [0.3, 0.4) is 0 Å². The maximum absolute atomic E-state index is 3.20. The number of hydrogen-bond donors (Lipinski definition) is 1. The first-order valence-corrected chi connectivity index (χ1v) is 6.17. The van der Waals surface area contributed by atoms with Gasteiger partial charge in [-0.05, 0) is 30.8 Å². The van der Waals surface area contributed by atoms with Crippen LogP contribution in [0.4, 0.5) is 0 Å². The highest BCUT2D eigenvalue weighted by Crippen LogP contribution is 2.29. The molecule has 0 aliphatic rings. The van der Waals surface area contributed by atoms with E-state index in [0.29, 0.717) is 0 Å². The summed E-state index contributed by atoms with van der Waals surface area (Å²) in [5.74, 6) is 0. The summed E-state index contributed by atoms with van der Waals surface area (Å²) < 4.78 is 0. The van der Waals surface area contributed by atoms with Crippen LogP contribution in [-0.2, 0) is 6.54 Å². The fourth-order valence-corrected chi connectivity index (χ4v) is 2.52. The van der Waals surface area contributed by atoms with Gasteiger partial charge in [-0.2, -0.15) is 0 Å². The van der Waals surface area contributed by atoms with Crippen LogP contribution < -0.4 is 5.32 Å². The van der Waals surface area contributed by atoms with Crippen LogP contribution in [0, 0.1) is 0 Å². The molecule has 2 aromatic carbocycles. The molecule has 0 heterocycles. The molecular formula is C14H15NS. The number of benzene rings is 2. The molecule has 0 saturated carbocycles. The summed E-state index contributed by atoms with van der Waals surface area (Å²) in [5.41, 5.74) is 1.35. The Morgan fingerprint density at radius 2 is 1.62 bits per heavy atom. The van der Waals surface area contributed by atoms with Crippen molar-refractivity contribution in [1.29, 1.82) is 0 Å². The van der Waals surface area contributed by atoms with Gasteiger partial charge in [-0.1, -0.05) is 48.2 Å². The fourth-order valence-electron chi connectivity index (χ4n) is 1.56. The molecule has 2 rings (SSSR count). The number of hydrogen-bond acceptors (Lipinski definition) is 2. The van der Waals surface area contributed by atoms with Gasteiger partial charge >= 0.3 is 0 Å². The van der Waals surface area contributed by atoms with Crippen LogP contribution in [0.2, 0.25) is 0 Å². The zero-order chi connectivity index (χ0) is 11.2. The van der Waals surface area contributed by atoms with E-state index < -0.39 is 0 Å². The lowest BCUT2D eigenvalue weighted by atomic mass is 10.2. The van der Waals surface area contributed by atoms with Crippen LogP contribution in [0.25, 0.3) is 0 Å². The highest BCUT2D eigenvalue weighted by atomic mass is 32.2. The van der Waals surface area contributed by atoms with Gasteiger partial charge in [0.05, 0.1) is 0 Å². The Balaban J connectivity index is 2.21. The van der Waals surface area contributed by atoms with Gasteiger partial charge in [0.25, 0.3) is 0 Å². The molecule has 1 nitrogen and oxygen atoms in total. The van der Waals surface area contributed by atoms with Crippen molar-refractivity contribution in [2.75, 3.05) is 7.05 Å². The maximum atomic E-state index is 3.20. The molecule has 0 aromatic heterocycles. The largest absolute Gasteiger partial charge is 0.316 e. The van der Waals surface area contributed by atoms with E-state index in [1.807, 2.05) is 24.9 Å². The van der Waals surface area contributed by atoms with Crippen LogP contribution in [0.15, 0.2) is 64.4 Å². The lowest BCUT2D eigenvalue weighted by Crippen LogP contribution is -2.05. The van der Waals surface area contributed by atoms with E-state index in [0.717, 1.165) is 6.54 Å². The van der Waals surface area contributed by atoms with Gasteiger partial charge in [0.15, 0.2) is 0 Å². The Bertz CT molecular complexity index is 439. The second kappa shape index (κ2) is 5.73. The predicted molar refractivity (Wildman–Crippen MR) is 69.8 cm³/mol. The lowest BCUT2D eigenvalue weighted by molar-refractivity contribution is 0.803. The zero-order valence-electron chi connectivity index (χ0n) is 9.31. The summed E-state index contributed by atoms with van der Waals surface area (Å²) in [4.78, 5) is 2.61. The monoisotopic (exact) mass is 229 g/mol. The number of rotatable bonds is 4. The van der Waals surface area contributed by atoms with Gasteiger partial charge in [-0.25, -0.2) is 0 Å². The molecular weight excluding hydrogens is 214 g/mol. The first kappa shape index (κ1) is 11.2. The smallest absolute Gasteiger partial charge is 0.0213 e. The van der Waals surface area contributed by atoms with E-state index in [2.05, 4.69) is 53.8 Å². The van der Waals surface area contributed by atoms with Gasteiger partial charge in [-0.15, -0.1) is 0 Å². The Morgan fingerprint density at radius 3 is 2.38 bits per heavy atom.